The number of morpholine rings is 1. The molecule has 24 heavy (non-hydrogen) atoms. The van der Waals surface area contributed by atoms with Gasteiger partial charge < -0.3 is 14.4 Å². The Hall–Kier alpha value is -1.50. The molecule has 0 N–H and O–H groups in total. The van der Waals surface area contributed by atoms with Crippen LogP contribution in [0.2, 0.25) is 0 Å². The monoisotopic (exact) mass is 331 g/mol. The van der Waals surface area contributed by atoms with E-state index in [9.17, 15) is 4.79 Å². The van der Waals surface area contributed by atoms with E-state index in [1.54, 1.807) is 0 Å². The van der Waals surface area contributed by atoms with Crippen molar-refractivity contribution in [2.45, 2.75) is 25.5 Å². The maximum absolute atomic E-state index is 13.3. The van der Waals surface area contributed by atoms with Gasteiger partial charge in [0.25, 0.3) is 0 Å². The third kappa shape index (κ3) is 2.94. The maximum Gasteiger partial charge on any atom is 0.232 e. The molecule has 0 aliphatic carbocycles. The van der Waals surface area contributed by atoms with Gasteiger partial charge in [-0.25, -0.2) is 0 Å². The van der Waals surface area contributed by atoms with E-state index in [-0.39, 0.29) is 17.4 Å². The minimum atomic E-state index is -0.372. The van der Waals surface area contributed by atoms with E-state index in [0.717, 1.165) is 32.5 Å². The molecule has 4 rings (SSSR count). The van der Waals surface area contributed by atoms with Crippen molar-refractivity contribution in [3.05, 3.63) is 30.1 Å². The third-order valence-corrected chi connectivity index (χ3v) is 5.58. The lowest BCUT2D eigenvalue weighted by atomic mass is 9.75. The predicted octanol–water partition coefficient (Wildman–Crippen LogP) is 0.921. The molecule has 1 amide bonds. The number of amides is 1. The van der Waals surface area contributed by atoms with E-state index < -0.39 is 0 Å². The van der Waals surface area contributed by atoms with Crippen molar-refractivity contribution in [1.29, 1.82) is 0 Å². The third-order valence-electron chi connectivity index (χ3n) is 5.58. The summed E-state index contributed by atoms with van der Waals surface area (Å²) in [5.74, 6) is 0.271. The van der Waals surface area contributed by atoms with Crippen LogP contribution in [0, 0.1) is 5.41 Å². The first-order chi connectivity index (χ1) is 11.8. The molecule has 4 heterocycles. The number of carbonyl (C=O) groups excluding carboxylic acids is 1. The van der Waals surface area contributed by atoms with Gasteiger partial charge in [-0.3, -0.25) is 14.7 Å². The molecule has 0 saturated carbocycles. The minimum absolute atomic E-state index is 0.0709. The molecule has 2 atom stereocenters. The van der Waals surface area contributed by atoms with Crippen molar-refractivity contribution in [1.82, 2.24) is 14.8 Å². The summed E-state index contributed by atoms with van der Waals surface area (Å²) in [4.78, 5) is 21.8. The Morgan fingerprint density at radius 1 is 1.21 bits per heavy atom. The second-order valence-corrected chi connectivity index (χ2v) is 7.02. The van der Waals surface area contributed by atoms with Crippen LogP contribution in [0.5, 0.6) is 0 Å². The zero-order chi connectivity index (χ0) is 16.4. The van der Waals surface area contributed by atoms with Crippen LogP contribution in [0.1, 0.15) is 18.4 Å². The summed E-state index contributed by atoms with van der Waals surface area (Å²) >= 11 is 0. The van der Waals surface area contributed by atoms with Crippen molar-refractivity contribution in [3.8, 4) is 0 Å². The molecular formula is C18H25N3O3. The van der Waals surface area contributed by atoms with Crippen LogP contribution in [-0.2, 0) is 20.8 Å². The van der Waals surface area contributed by atoms with Crippen molar-refractivity contribution in [3.63, 3.8) is 0 Å². The molecule has 3 fully saturated rings. The summed E-state index contributed by atoms with van der Waals surface area (Å²) in [6.07, 6.45) is 5.49. The van der Waals surface area contributed by atoms with Gasteiger partial charge in [0.05, 0.1) is 24.7 Å². The van der Waals surface area contributed by atoms with E-state index in [1.165, 1.54) is 5.56 Å². The van der Waals surface area contributed by atoms with Crippen LogP contribution in [0.25, 0.3) is 0 Å². The minimum Gasteiger partial charge on any atom is -0.378 e. The Morgan fingerprint density at radius 3 is 2.79 bits per heavy atom. The lowest BCUT2D eigenvalue weighted by Crippen LogP contribution is -2.59. The number of carbonyl (C=O) groups is 1. The fourth-order valence-electron chi connectivity index (χ4n) is 4.30. The van der Waals surface area contributed by atoms with Crippen LogP contribution in [0.3, 0.4) is 0 Å². The number of hydrogen-bond acceptors (Lipinski definition) is 5. The Labute approximate surface area is 142 Å². The van der Waals surface area contributed by atoms with E-state index in [1.807, 2.05) is 29.4 Å². The number of aromatic nitrogens is 1. The van der Waals surface area contributed by atoms with E-state index in [4.69, 9.17) is 9.47 Å². The lowest BCUT2D eigenvalue weighted by molar-refractivity contribution is -0.154. The van der Waals surface area contributed by atoms with E-state index in [2.05, 4.69) is 9.88 Å². The van der Waals surface area contributed by atoms with Crippen molar-refractivity contribution in [2.75, 3.05) is 46.0 Å². The summed E-state index contributed by atoms with van der Waals surface area (Å²) in [7, 11) is 0. The quantitative estimate of drug-likeness (QED) is 0.824. The fraction of sp³-hybridized carbons (Fsp3) is 0.667. The molecule has 3 saturated heterocycles. The lowest BCUT2D eigenvalue weighted by Gasteiger charge is -2.45. The Balaban J connectivity index is 1.51. The SMILES string of the molecule is O=C(N1CCOCC1)[C@@]12CCO[C@@H]1CCN(Cc1ccncc1)C2. The van der Waals surface area contributed by atoms with Gasteiger partial charge in [-0.2, -0.15) is 0 Å². The zero-order valence-corrected chi connectivity index (χ0v) is 14.0. The molecule has 130 valence electrons. The molecule has 3 aliphatic heterocycles. The summed E-state index contributed by atoms with van der Waals surface area (Å²) in [6.45, 7) is 6.04. The number of nitrogens with zero attached hydrogens (tertiary/aromatic N) is 3. The predicted molar refractivity (Wildman–Crippen MR) is 88.3 cm³/mol. The molecule has 1 aromatic rings. The van der Waals surface area contributed by atoms with Gasteiger partial charge in [0.1, 0.15) is 0 Å². The first-order valence-electron chi connectivity index (χ1n) is 8.88. The molecule has 6 nitrogen and oxygen atoms in total. The molecule has 0 radical (unpaired) electrons. The molecule has 0 aromatic carbocycles. The number of hydrogen-bond donors (Lipinski definition) is 0. The topological polar surface area (TPSA) is 54.9 Å². The summed E-state index contributed by atoms with van der Waals surface area (Å²) in [5, 5.41) is 0. The highest BCUT2D eigenvalue weighted by Crippen LogP contribution is 2.42. The average molecular weight is 331 g/mol. The number of piperidine rings is 1. The van der Waals surface area contributed by atoms with Crippen LogP contribution >= 0.6 is 0 Å². The van der Waals surface area contributed by atoms with Gasteiger partial charge in [0.15, 0.2) is 0 Å². The van der Waals surface area contributed by atoms with Crippen molar-refractivity contribution in [2.24, 2.45) is 5.41 Å². The number of pyridine rings is 1. The van der Waals surface area contributed by atoms with Gasteiger partial charge >= 0.3 is 0 Å². The van der Waals surface area contributed by atoms with Crippen LogP contribution in [0.15, 0.2) is 24.5 Å². The number of likely N-dealkylation sites (tertiary alicyclic amines) is 1. The molecule has 0 bridgehead atoms. The average Bonchev–Trinajstić information content (AvgIpc) is 3.07. The molecular weight excluding hydrogens is 306 g/mol. The normalized spacial score (nSPS) is 31.0. The van der Waals surface area contributed by atoms with Crippen LogP contribution < -0.4 is 0 Å². The molecule has 0 spiro atoms. The van der Waals surface area contributed by atoms with E-state index >= 15 is 0 Å². The maximum atomic E-state index is 13.3. The van der Waals surface area contributed by atoms with Gasteiger partial charge in [-0.15, -0.1) is 0 Å². The Bertz CT molecular complexity index is 576. The van der Waals surface area contributed by atoms with Crippen LogP contribution in [0.4, 0.5) is 0 Å². The van der Waals surface area contributed by atoms with E-state index in [0.29, 0.717) is 32.9 Å². The molecule has 0 unspecified atom stereocenters. The summed E-state index contributed by atoms with van der Waals surface area (Å²) in [5.41, 5.74) is 0.874. The van der Waals surface area contributed by atoms with Gasteiger partial charge in [-0.1, -0.05) is 0 Å². The molecule has 6 heteroatoms. The van der Waals surface area contributed by atoms with Crippen LogP contribution in [-0.4, -0.2) is 72.8 Å². The summed E-state index contributed by atoms with van der Waals surface area (Å²) < 4.78 is 11.4. The number of rotatable bonds is 3. The molecule has 1 aromatic heterocycles. The smallest absolute Gasteiger partial charge is 0.232 e. The Morgan fingerprint density at radius 2 is 2.00 bits per heavy atom. The Kier molecular flexibility index (Phi) is 4.52. The number of fused-ring (bicyclic) bond motifs is 1. The second kappa shape index (κ2) is 6.78. The van der Waals surface area contributed by atoms with Crippen molar-refractivity contribution >= 4 is 5.91 Å². The second-order valence-electron chi connectivity index (χ2n) is 7.02. The fourth-order valence-corrected chi connectivity index (χ4v) is 4.30. The van der Waals surface area contributed by atoms with Crippen molar-refractivity contribution < 1.29 is 14.3 Å². The highest BCUT2D eigenvalue weighted by atomic mass is 16.5. The van der Waals surface area contributed by atoms with Gasteiger partial charge in [0, 0.05) is 51.7 Å². The van der Waals surface area contributed by atoms with Gasteiger partial charge in [-0.05, 0) is 30.5 Å². The molecule has 3 aliphatic rings. The largest absolute Gasteiger partial charge is 0.378 e. The first kappa shape index (κ1) is 16.0. The standard InChI is InChI=1S/C18H25N3O3/c22-17(21-8-11-23-12-9-21)18-4-10-24-16(18)3-7-20(14-18)13-15-1-5-19-6-2-15/h1-2,5-6,16H,3-4,7-14H2/t16-,18-/m1/s1. The highest BCUT2D eigenvalue weighted by Gasteiger charge is 2.54. The highest BCUT2D eigenvalue weighted by molar-refractivity contribution is 5.84. The number of ether oxygens (including phenoxy) is 2. The zero-order valence-electron chi connectivity index (χ0n) is 14.0. The van der Waals surface area contributed by atoms with Gasteiger partial charge in [0.2, 0.25) is 5.91 Å². The first-order valence-corrected chi connectivity index (χ1v) is 8.88. The summed E-state index contributed by atoms with van der Waals surface area (Å²) in [6, 6.07) is 4.10.